The third-order valence-electron chi connectivity index (χ3n) is 5.24. The fourth-order valence-corrected chi connectivity index (χ4v) is 4.15. The summed E-state index contributed by atoms with van der Waals surface area (Å²) < 4.78 is 12.9. The number of halogens is 1. The Morgan fingerprint density at radius 3 is 2.50 bits per heavy atom. The third kappa shape index (κ3) is 7.52. The number of amides is 1. The van der Waals surface area contributed by atoms with Crippen LogP contribution in [0.2, 0.25) is 0 Å². The predicted octanol–water partition coefficient (Wildman–Crippen LogP) is 7.33. The first-order valence-corrected chi connectivity index (χ1v) is 12.4. The number of ether oxygens (including phenoxy) is 2. The van der Waals surface area contributed by atoms with Crippen LogP contribution in [-0.2, 0) is 17.9 Å². The third-order valence-corrected chi connectivity index (χ3v) is 5.83. The molecule has 1 amide bonds. The Bertz CT molecular complexity index is 1110. The molecule has 3 aromatic rings. The van der Waals surface area contributed by atoms with Gasteiger partial charge in [0.2, 0.25) is 5.91 Å². The van der Waals surface area contributed by atoms with Crippen LogP contribution in [0.3, 0.4) is 0 Å². The van der Waals surface area contributed by atoms with E-state index < -0.39 is 0 Å². The first kappa shape index (κ1) is 25.6. The molecule has 0 unspecified atom stereocenters. The van der Waals surface area contributed by atoms with Crippen molar-refractivity contribution in [2.24, 2.45) is 5.92 Å². The molecule has 180 valence electrons. The second-order valence-corrected chi connectivity index (χ2v) is 9.49. The van der Waals surface area contributed by atoms with Crippen molar-refractivity contribution in [3.8, 4) is 11.5 Å². The van der Waals surface area contributed by atoms with Crippen molar-refractivity contribution in [2.75, 3.05) is 17.2 Å². The lowest BCUT2D eigenvalue weighted by Gasteiger charge is -2.17. The summed E-state index contributed by atoms with van der Waals surface area (Å²) in [5.41, 5.74) is 5.10. The Hall–Kier alpha value is -2.99. The average molecular weight is 525 g/mol. The van der Waals surface area contributed by atoms with Crippen LogP contribution in [0.1, 0.15) is 43.9 Å². The van der Waals surface area contributed by atoms with Crippen molar-refractivity contribution in [1.29, 1.82) is 0 Å². The maximum atomic E-state index is 12.1. The summed E-state index contributed by atoms with van der Waals surface area (Å²) in [5, 5.41) is 6.39. The van der Waals surface area contributed by atoms with Crippen LogP contribution in [0.15, 0.2) is 65.1 Å². The second kappa shape index (κ2) is 12.5. The quantitative estimate of drug-likeness (QED) is 0.275. The molecule has 0 aliphatic carbocycles. The Morgan fingerprint density at radius 1 is 1.00 bits per heavy atom. The van der Waals surface area contributed by atoms with Gasteiger partial charge in [0.1, 0.15) is 6.61 Å². The molecule has 0 saturated heterocycles. The van der Waals surface area contributed by atoms with E-state index in [0.29, 0.717) is 43.6 Å². The maximum absolute atomic E-state index is 12.1. The molecule has 0 atom stereocenters. The molecular weight excluding hydrogens is 492 g/mol. The molecule has 0 heterocycles. The number of carbonyl (C=O) groups is 1. The van der Waals surface area contributed by atoms with Crippen molar-refractivity contribution >= 4 is 33.2 Å². The highest BCUT2D eigenvalue weighted by Gasteiger charge is 2.13. The highest BCUT2D eigenvalue weighted by Crippen LogP contribution is 2.38. The molecule has 34 heavy (non-hydrogen) atoms. The van der Waals surface area contributed by atoms with Crippen LogP contribution in [-0.4, -0.2) is 12.5 Å². The molecule has 5 nitrogen and oxygen atoms in total. The molecule has 2 N–H and O–H groups in total. The van der Waals surface area contributed by atoms with Gasteiger partial charge in [-0.25, -0.2) is 0 Å². The van der Waals surface area contributed by atoms with Crippen molar-refractivity contribution in [3.05, 3.63) is 81.8 Å². The highest BCUT2D eigenvalue weighted by molar-refractivity contribution is 9.10. The van der Waals surface area contributed by atoms with Crippen LogP contribution < -0.4 is 20.1 Å². The lowest BCUT2D eigenvalue weighted by Crippen LogP contribution is -2.13. The minimum Gasteiger partial charge on any atom is -0.490 e. The van der Waals surface area contributed by atoms with Crippen molar-refractivity contribution < 1.29 is 14.3 Å². The van der Waals surface area contributed by atoms with Gasteiger partial charge in [-0.3, -0.25) is 4.79 Å². The van der Waals surface area contributed by atoms with E-state index in [1.165, 1.54) is 5.56 Å². The predicted molar refractivity (Wildman–Crippen MR) is 143 cm³/mol. The van der Waals surface area contributed by atoms with Crippen molar-refractivity contribution in [2.45, 2.75) is 47.3 Å². The van der Waals surface area contributed by atoms with Gasteiger partial charge in [0.05, 0.1) is 11.1 Å². The second-order valence-electron chi connectivity index (χ2n) is 8.63. The summed E-state index contributed by atoms with van der Waals surface area (Å²) in [6.45, 7) is 9.72. The summed E-state index contributed by atoms with van der Waals surface area (Å²) >= 11 is 3.66. The maximum Gasteiger partial charge on any atom is 0.224 e. The number of hydrogen-bond donors (Lipinski definition) is 2. The minimum absolute atomic E-state index is 0.0266. The average Bonchev–Trinajstić information content (AvgIpc) is 2.78. The largest absolute Gasteiger partial charge is 0.490 e. The van der Waals surface area contributed by atoms with Gasteiger partial charge in [-0.05, 0) is 82.7 Å². The van der Waals surface area contributed by atoms with Crippen molar-refractivity contribution in [3.63, 3.8) is 0 Å². The van der Waals surface area contributed by atoms with Crippen molar-refractivity contribution in [1.82, 2.24) is 0 Å². The van der Waals surface area contributed by atoms with Gasteiger partial charge in [0, 0.05) is 24.3 Å². The number of carbonyl (C=O) groups excluding carboxylic acids is 1. The van der Waals surface area contributed by atoms with Gasteiger partial charge < -0.3 is 20.1 Å². The van der Waals surface area contributed by atoms with Gasteiger partial charge >= 0.3 is 0 Å². The Morgan fingerprint density at radius 2 is 1.76 bits per heavy atom. The molecule has 0 spiro atoms. The van der Waals surface area contributed by atoms with Crippen LogP contribution in [0.5, 0.6) is 11.5 Å². The zero-order valence-corrected chi connectivity index (χ0v) is 21.9. The standard InChI is InChI=1S/C28H33BrN2O3/c1-5-33-26-15-21(14-25(29)28(26)34-18-22-10-7-6-9-20(22)4)17-30-23-11-8-12-24(16-23)31-27(32)13-19(2)3/h6-12,14-16,19,30H,5,13,17-18H2,1-4H3,(H,31,32). The molecule has 0 radical (unpaired) electrons. The lowest BCUT2D eigenvalue weighted by molar-refractivity contribution is -0.116. The first-order chi connectivity index (χ1) is 16.4. The number of aryl methyl sites for hydroxylation is 1. The molecule has 0 aromatic heterocycles. The zero-order valence-electron chi connectivity index (χ0n) is 20.3. The minimum atomic E-state index is 0.0266. The smallest absolute Gasteiger partial charge is 0.224 e. The molecule has 0 fully saturated rings. The van der Waals surface area contributed by atoms with Gasteiger partial charge in [0.15, 0.2) is 11.5 Å². The topological polar surface area (TPSA) is 59.6 Å². The van der Waals surface area contributed by atoms with E-state index >= 15 is 0 Å². The molecule has 6 heteroatoms. The molecule has 0 saturated carbocycles. The van der Waals surface area contributed by atoms with E-state index in [9.17, 15) is 4.79 Å². The van der Waals surface area contributed by atoms with E-state index in [4.69, 9.17) is 9.47 Å². The van der Waals surface area contributed by atoms with E-state index in [-0.39, 0.29) is 5.91 Å². The summed E-state index contributed by atoms with van der Waals surface area (Å²) in [6.07, 6.45) is 0.504. The Balaban J connectivity index is 1.69. The summed E-state index contributed by atoms with van der Waals surface area (Å²) in [6, 6.07) is 20.0. The zero-order chi connectivity index (χ0) is 24.5. The molecule has 3 rings (SSSR count). The van der Waals surface area contributed by atoms with E-state index in [0.717, 1.165) is 27.0 Å². The SMILES string of the molecule is CCOc1cc(CNc2cccc(NC(=O)CC(C)C)c2)cc(Br)c1OCc1ccccc1C. The molecule has 0 bridgehead atoms. The van der Waals surface area contributed by atoms with Gasteiger partial charge in [-0.2, -0.15) is 0 Å². The number of hydrogen-bond acceptors (Lipinski definition) is 4. The number of nitrogens with one attached hydrogen (secondary N) is 2. The molecular formula is C28H33BrN2O3. The molecule has 0 aliphatic heterocycles. The lowest BCUT2D eigenvalue weighted by atomic mass is 10.1. The van der Waals surface area contributed by atoms with E-state index in [2.05, 4.69) is 45.6 Å². The Kier molecular flexibility index (Phi) is 9.40. The van der Waals surface area contributed by atoms with Crippen LogP contribution in [0.25, 0.3) is 0 Å². The first-order valence-electron chi connectivity index (χ1n) is 11.6. The van der Waals surface area contributed by atoms with Gasteiger partial charge in [-0.15, -0.1) is 0 Å². The highest BCUT2D eigenvalue weighted by atomic mass is 79.9. The normalized spacial score (nSPS) is 10.8. The van der Waals surface area contributed by atoms with E-state index in [1.807, 2.05) is 69.3 Å². The monoisotopic (exact) mass is 524 g/mol. The molecule has 0 aliphatic rings. The van der Waals surface area contributed by atoms with Crippen LogP contribution >= 0.6 is 15.9 Å². The number of benzene rings is 3. The van der Waals surface area contributed by atoms with Gasteiger partial charge in [-0.1, -0.05) is 44.2 Å². The van der Waals surface area contributed by atoms with Gasteiger partial charge in [0.25, 0.3) is 0 Å². The number of rotatable bonds is 11. The fraction of sp³-hybridized carbons (Fsp3) is 0.321. The summed E-state index contributed by atoms with van der Waals surface area (Å²) in [5.74, 6) is 1.75. The Labute approximate surface area is 211 Å². The molecule has 3 aromatic carbocycles. The fourth-order valence-electron chi connectivity index (χ4n) is 3.54. The van der Waals surface area contributed by atoms with Crippen LogP contribution in [0.4, 0.5) is 11.4 Å². The number of anilines is 2. The summed E-state index contributed by atoms with van der Waals surface area (Å²) in [7, 11) is 0. The van der Waals surface area contributed by atoms with Crippen LogP contribution in [0, 0.1) is 12.8 Å². The van der Waals surface area contributed by atoms with E-state index in [1.54, 1.807) is 0 Å². The summed E-state index contributed by atoms with van der Waals surface area (Å²) in [4.78, 5) is 12.1.